The molecule has 0 saturated heterocycles. The highest BCUT2D eigenvalue weighted by atomic mass is 35.5. The number of pyridine rings is 1. The molecule has 1 aromatic carbocycles. The lowest BCUT2D eigenvalue weighted by Gasteiger charge is -2.13. The average Bonchev–Trinajstić information content (AvgIpc) is 2.53. The van der Waals surface area contributed by atoms with Crippen LogP contribution in [0.2, 0.25) is 5.02 Å². The molecule has 0 saturated carbocycles. The van der Waals surface area contributed by atoms with Crippen molar-refractivity contribution in [3.63, 3.8) is 0 Å². The topological polar surface area (TPSA) is 57.7 Å². The van der Waals surface area contributed by atoms with E-state index in [1.807, 2.05) is 12.1 Å². The van der Waals surface area contributed by atoms with E-state index in [2.05, 4.69) is 4.98 Å². The highest BCUT2D eigenvalue weighted by Crippen LogP contribution is 2.36. The Hall–Kier alpha value is -2.27. The number of aromatic nitrogens is 1. The molecule has 0 spiro atoms. The van der Waals surface area contributed by atoms with Crippen LogP contribution >= 0.6 is 11.6 Å². The largest absolute Gasteiger partial charge is 0.493 e. The summed E-state index contributed by atoms with van der Waals surface area (Å²) >= 11 is 6.11. The van der Waals surface area contributed by atoms with Gasteiger partial charge >= 0.3 is 0 Å². The van der Waals surface area contributed by atoms with Crippen LogP contribution in [-0.2, 0) is 6.61 Å². The predicted octanol–water partition coefficient (Wildman–Crippen LogP) is 3.14. The first kappa shape index (κ1) is 15.1. The van der Waals surface area contributed by atoms with Gasteiger partial charge in [-0.3, -0.25) is 4.79 Å². The average molecular weight is 308 g/mol. The summed E-state index contributed by atoms with van der Waals surface area (Å²) in [4.78, 5) is 15.0. The predicted molar refractivity (Wildman–Crippen MR) is 78.5 cm³/mol. The summed E-state index contributed by atoms with van der Waals surface area (Å²) in [5.41, 5.74) is 1.11. The van der Waals surface area contributed by atoms with Gasteiger partial charge in [0, 0.05) is 11.6 Å². The van der Waals surface area contributed by atoms with Crippen LogP contribution < -0.4 is 14.2 Å². The molecule has 1 heterocycles. The minimum atomic E-state index is 0.202. The first-order chi connectivity index (χ1) is 10.2. The van der Waals surface area contributed by atoms with Crippen molar-refractivity contribution in [1.29, 1.82) is 0 Å². The molecular formula is C15H14ClNO4. The van der Waals surface area contributed by atoms with Crippen LogP contribution in [0.15, 0.2) is 30.3 Å². The van der Waals surface area contributed by atoms with Crippen molar-refractivity contribution >= 4 is 17.9 Å². The molecule has 2 aromatic rings. The number of halogens is 1. The molecule has 0 unspecified atom stereocenters. The summed E-state index contributed by atoms with van der Waals surface area (Å²) < 4.78 is 15.9. The standard InChI is InChI=1S/C15H14ClNO4/c1-19-13-7-10(8-18)6-12(16)15(13)21-9-11-4-3-5-14(17-11)20-2/h3-8H,9H2,1-2H3. The molecule has 0 amide bonds. The maximum Gasteiger partial charge on any atom is 0.213 e. The zero-order valence-corrected chi connectivity index (χ0v) is 12.4. The third-order valence-corrected chi connectivity index (χ3v) is 3.02. The second-order valence-corrected chi connectivity index (χ2v) is 4.52. The van der Waals surface area contributed by atoms with Crippen molar-refractivity contribution in [2.24, 2.45) is 0 Å². The highest BCUT2D eigenvalue weighted by molar-refractivity contribution is 6.32. The van der Waals surface area contributed by atoms with E-state index in [-0.39, 0.29) is 6.61 Å². The Labute approximate surface area is 127 Å². The lowest BCUT2D eigenvalue weighted by molar-refractivity contribution is 0.112. The van der Waals surface area contributed by atoms with E-state index < -0.39 is 0 Å². The van der Waals surface area contributed by atoms with Crippen LogP contribution in [-0.4, -0.2) is 25.5 Å². The minimum Gasteiger partial charge on any atom is -0.493 e. The number of carbonyl (C=O) groups excluding carboxylic acids is 1. The monoisotopic (exact) mass is 307 g/mol. The Morgan fingerprint density at radius 2 is 2.05 bits per heavy atom. The lowest BCUT2D eigenvalue weighted by Crippen LogP contribution is -2.02. The van der Waals surface area contributed by atoms with Crippen LogP contribution in [0.3, 0.4) is 0 Å². The van der Waals surface area contributed by atoms with E-state index in [0.717, 1.165) is 0 Å². The number of ether oxygens (including phenoxy) is 3. The van der Waals surface area contributed by atoms with E-state index in [4.69, 9.17) is 25.8 Å². The van der Waals surface area contributed by atoms with Crippen molar-refractivity contribution in [2.75, 3.05) is 14.2 Å². The fourth-order valence-corrected chi connectivity index (χ4v) is 2.02. The van der Waals surface area contributed by atoms with Crippen LogP contribution in [0.25, 0.3) is 0 Å². The number of hydrogen-bond donors (Lipinski definition) is 0. The highest BCUT2D eigenvalue weighted by Gasteiger charge is 2.12. The Morgan fingerprint density at radius 3 is 2.71 bits per heavy atom. The van der Waals surface area contributed by atoms with Gasteiger partial charge in [-0.1, -0.05) is 17.7 Å². The second kappa shape index (κ2) is 6.95. The van der Waals surface area contributed by atoms with Crippen LogP contribution in [0, 0.1) is 0 Å². The molecule has 0 atom stereocenters. The Bertz CT molecular complexity index is 646. The van der Waals surface area contributed by atoms with Gasteiger partial charge < -0.3 is 14.2 Å². The van der Waals surface area contributed by atoms with E-state index in [0.29, 0.717) is 39.9 Å². The smallest absolute Gasteiger partial charge is 0.213 e. The summed E-state index contributed by atoms with van der Waals surface area (Å²) in [5, 5.41) is 0.305. The number of aldehydes is 1. The van der Waals surface area contributed by atoms with Crippen molar-refractivity contribution in [3.05, 3.63) is 46.6 Å². The normalized spacial score (nSPS) is 10.0. The first-order valence-corrected chi connectivity index (χ1v) is 6.51. The molecule has 0 aliphatic heterocycles. The third-order valence-electron chi connectivity index (χ3n) is 2.74. The molecule has 6 heteroatoms. The Kier molecular flexibility index (Phi) is 5.00. The molecule has 0 fully saturated rings. The first-order valence-electron chi connectivity index (χ1n) is 6.13. The molecular weight excluding hydrogens is 294 g/mol. The molecule has 0 N–H and O–H groups in total. The molecule has 21 heavy (non-hydrogen) atoms. The molecule has 2 rings (SSSR count). The Morgan fingerprint density at radius 1 is 1.24 bits per heavy atom. The van der Waals surface area contributed by atoms with Crippen LogP contribution in [0.1, 0.15) is 16.1 Å². The summed E-state index contributed by atoms with van der Waals surface area (Å²) in [6.07, 6.45) is 0.696. The molecule has 0 radical (unpaired) electrons. The number of methoxy groups -OCH3 is 2. The fraction of sp³-hybridized carbons (Fsp3) is 0.200. The molecule has 5 nitrogen and oxygen atoms in total. The zero-order chi connectivity index (χ0) is 15.2. The van der Waals surface area contributed by atoms with Crippen LogP contribution in [0.5, 0.6) is 17.4 Å². The summed E-state index contributed by atoms with van der Waals surface area (Å²) in [5.74, 6) is 1.27. The molecule has 0 bridgehead atoms. The van der Waals surface area contributed by atoms with Gasteiger partial charge in [0.1, 0.15) is 12.9 Å². The van der Waals surface area contributed by atoms with Crippen LogP contribution in [0.4, 0.5) is 0 Å². The fourth-order valence-electron chi connectivity index (χ4n) is 1.75. The Balaban J connectivity index is 2.21. The number of nitrogens with zero attached hydrogens (tertiary/aromatic N) is 1. The second-order valence-electron chi connectivity index (χ2n) is 4.11. The van der Waals surface area contributed by atoms with E-state index in [1.165, 1.54) is 13.2 Å². The van der Waals surface area contributed by atoms with Gasteiger partial charge in [0.25, 0.3) is 0 Å². The van der Waals surface area contributed by atoms with Gasteiger partial charge in [-0.15, -0.1) is 0 Å². The summed E-state index contributed by atoms with van der Waals surface area (Å²) in [6.45, 7) is 0.202. The summed E-state index contributed by atoms with van der Waals surface area (Å²) in [7, 11) is 3.03. The van der Waals surface area contributed by atoms with E-state index >= 15 is 0 Å². The molecule has 0 aliphatic carbocycles. The number of hydrogen-bond acceptors (Lipinski definition) is 5. The van der Waals surface area contributed by atoms with Gasteiger partial charge in [0.05, 0.1) is 24.9 Å². The third kappa shape index (κ3) is 3.64. The molecule has 0 aliphatic rings. The van der Waals surface area contributed by atoms with Crippen molar-refractivity contribution in [1.82, 2.24) is 4.98 Å². The number of benzene rings is 1. The molecule has 110 valence electrons. The maximum absolute atomic E-state index is 10.8. The quantitative estimate of drug-likeness (QED) is 0.767. The lowest BCUT2D eigenvalue weighted by atomic mass is 10.2. The van der Waals surface area contributed by atoms with E-state index in [9.17, 15) is 4.79 Å². The van der Waals surface area contributed by atoms with Gasteiger partial charge in [0.15, 0.2) is 11.5 Å². The van der Waals surface area contributed by atoms with Crippen molar-refractivity contribution in [3.8, 4) is 17.4 Å². The molecule has 1 aromatic heterocycles. The number of carbonyl (C=O) groups is 1. The number of rotatable bonds is 6. The summed E-state index contributed by atoms with van der Waals surface area (Å²) in [6, 6.07) is 8.45. The van der Waals surface area contributed by atoms with Gasteiger partial charge in [-0.2, -0.15) is 0 Å². The van der Waals surface area contributed by atoms with Gasteiger partial charge in [0.2, 0.25) is 5.88 Å². The van der Waals surface area contributed by atoms with Crippen molar-refractivity contribution < 1.29 is 19.0 Å². The van der Waals surface area contributed by atoms with Crippen molar-refractivity contribution in [2.45, 2.75) is 6.61 Å². The van der Waals surface area contributed by atoms with Gasteiger partial charge in [-0.25, -0.2) is 4.98 Å². The maximum atomic E-state index is 10.8. The van der Waals surface area contributed by atoms with E-state index in [1.54, 1.807) is 19.2 Å². The minimum absolute atomic E-state index is 0.202. The van der Waals surface area contributed by atoms with Gasteiger partial charge in [-0.05, 0) is 18.2 Å². The SMILES string of the molecule is COc1cccc(COc2c(Cl)cc(C=O)cc2OC)n1. The zero-order valence-electron chi connectivity index (χ0n) is 11.6.